The number of aromatic hydroxyl groups is 1. The number of fused-ring (bicyclic) bond motifs is 5. The number of imide groups is 2. The Hall–Kier alpha value is -5.68. The molecule has 10 nitrogen and oxygen atoms in total. The van der Waals surface area contributed by atoms with Crippen LogP contribution in [0.3, 0.4) is 0 Å². The van der Waals surface area contributed by atoms with E-state index in [1.807, 2.05) is 19.1 Å². The molecule has 9 rings (SSSR count). The fraction of sp³-hybridized carbons (Fsp3) is 0.326. The number of allylic oxidation sites excluding steroid dienone is 2. The van der Waals surface area contributed by atoms with E-state index >= 15 is 4.79 Å². The van der Waals surface area contributed by atoms with Crippen LogP contribution in [-0.2, 0) is 38.6 Å². The molecule has 2 aliphatic heterocycles. The quantitative estimate of drug-likeness (QED) is 0.106. The maximum Gasteiger partial charge on any atom is 0.416 e. The third-order valence-corrected chi connectivity index (χ3v) is 14.4. The molecule has 0 spiro atoms. The van der Waals surface area contributed by atoms with Crippen molar-refractivity contribution >= 4 is 68.2 Å². The minimum Gasteiger partial charge on any atom is -0.508 e. The topological polar surface area (TPSA) is 122 Å². The van der Waals surface area contributed by atoms with Crippen LogP contribution >= 0.6 is 22.9 Å². The minimum absolute atomic E-state index is 0.0851. The highest BCUT2D eigenvalue weighted by atomic mass is 35.5. The van der Waals surface area contributed by atoms with Gasteiger partial charge in [0.25, 0.3) is 0 Å². The van der Waals surface area contributed by atoms with Gasteiger partial charge in [0.15, 0.2) is 0 Å². The first-order chi connectivity index (χ1) is 28.6. The molecule has 4 amide bonds. The Bertz CT molecular complexity index is 2760. The maximum atomic E-state index is 15.2. The van der Waals surface area contributed by atoms with Gasteiger partial charge in [0.05, 0.1) is 52.0 Å². The number of carbonyl (C=O) groups is 4. The lowest BCUT2D eigenvalue weighted by Crippen LogP contribution is -2.49. The van der Waals surface area contributed by atoms with E-state index in [9.17, 15) is 45.8 Å². The highest BCUT2D eigenvalue weighted by Gasteiger charge is 2.68. The first-order valence-corrected chi connectivity index (χ1v) is 20.2. The number of alkyl halides is 6. The van der Waals surface area contributed by atoms with Crippen molar-refractivity contribution in [3.8, 4) is 22.1 Å². The van der Waals surface area contributed by atoms with Crippen molar-refractivity contribution in [1.82, 2.24) is 9.78 Å². The number of anilines is 2. The molecule has 2 aliphatic carbocycles. The third-order valence-electron chi connectivity index (χ3n) is 12.8. The Kier molecular flexibility index (Phi) is 9.12. The number of phenolic OH excluding ortho intramolecular Hbond substituents is 1. The van der Waals surface area contributed by atoms with Gasteiger partial charge in [0.1, 0.15) is 23.0 Å². The minimum atomic E-state index is -5.24. The summed E-state index contributed by atoms with van der Waals surface area (Å²) in [7, 11) is 2.94. The average molecular weight is 883 g/mol. The van der Waals surface area contributed by atoms with E-state index in [1.165, 1.54) is 41.3 Å². The van der Waals surface area contributed by atoms with E-state index in [1.54, 1.807) is 32.2 Å². The van der Waals surface area contributed by atoms with Crippen LogP contribution in [0.25, 0.3) is 20.7 Å². The molecule has 1 N–H and O–H groups in total. The van der Waals surface area contributed by atoms with E-state index in [0.29, 0.717) is 38.9 Å². The summed E-state index contributed by atoms with van der Waals surface area (Å²) in [6.45, 7) is 3.54. The SMILES string of the molecule is COc1cc(O)ccc1[C@H]1C2=CC[C@@H]3C(=O)N(c4cc(C(F)(F)F)cc(C(F)(F)F)c4)C(=O)[C@@H]3[C@@H]2C[C@H]2C(=O)N(c3cc(-c4sc5ccc(Cl)cc5c4C)nn3C)C(=O)[C@@]12C. The largest absolute Gasteiger partial charge is 0.508 e. The average Bonchev–Trinajstić information content (AvgIpc) is 3.87. The summed E-state index contributed by atoms with van der Waals surface area (Å²) in [6.07, 6.45) is -9.11. The van der Waals surface area contributed by atoms with Gasteiger partial charge in [-0.2, -0.15) is 31.4 Å². The molecule has 316 valence electrons. The van der Waals surface area contributed by atoms with Crippen molar-refractivity contribution in [3.63, 3.8) is 0 Å². The van der Waals surface area contributed by atoms with Gasteiger partial charge < -0.3 is 9.84 Å². The van der Waals surface area contributed by atoms with Crippen molar-refractivity contribution in [1.29, 1.82) is 0 Å². The molecule has 5 aromatic rings. The highest BCUT2D eigenvalue weighted by Crippen LogP contribution is 2.65. The summed E-state index contributed by atoms with van der Waals surface area (Å²) in [6, 6.07) is 12.0. The van der Waals surface area contributed by atoms with Crippen LogP contribution < -0.4 is 14.5 Å². The van der Waals surface area contributed by atoms with Crippen molar-refractivity contribution in [2.24, 2.45) is 36.1 Å². The number of benzene rings is 3. The first kappa shape index (κ1) is 40.7. The number of hydrogen-bond acceptors (Lipinski definition) is 8. The number of methoxy groups -OCH3 is 1. The summed E-state index contributed by atoms with van der Waals surface area (Å²) in [5.74, 6) is -8.75. The number of amides is 4. The molecule has 4 aliphatic rings. The number of rotatable bonds is 5. The molecule has 2 aromatic heterocycles. The number of halogens is 7. The number of aryl methyl sites for hydroxylation is 2. The molecule has 0 unspecified atom stereocenters. The second kappa shape index (κ2) is 13.7. The molecule has 0 radical (unpaired) electrons. The predicted molar refractivity (Wildman–Crippen MR) is 212 cm³/mol. The zero-order valence-electron chi connectivity index (χ0n) is 32.5. The summed E-state index contributed by atoms with van der Waals surface area (Å²) < 4.78 is 91.7. The summed E-state index contributed by atoms with van der Waals surface area (Å²) >= 11 is 7.74. The summed E-state index contributed by atoms with van der Waals surface area (Å²) in [5.41, 5.74) is -3.62. The lowest BCUT2D eigenvalue weighted by atomic mass is 9.51. The summed E-state index contributed by atoms with van der Waals surface area (Å²) in [4.78, 5) is 60.9. The number of phenols is 1. The number of nitrogens with zero attached hydrogens (tertiary/aromatic N) is 4. The lowest BCUT2D eigenvalue weighted by Gasteiger charge is -2.49. The maximum absolute atomic E-state index is 15.2. The van der Waals surface area contributed by atoms with Crippen LogP contribution in [0, 0.1) is 36.0 Å². The van der Waals surface area contributed by atoms with Gasteiger partial charge in [-0.3, -0.25) is 23.9 Å². The Morgan fingerprint density at radius 2 is 1.57 bits per heavy atom. The van der Waals surface area contributed by atoms with Crippen molar-refractivity contribution in [2.45, 2.75) is 45.0 Å². The molecule has 0 bridgehead atoms. The number of thiophene rings is 1. The van der Waals surface area contributed by atoms with E-state index in [0.717, 1.165) is 25.4 Å². The molecule has 18 heteroatoms. The Balaban J connectivity index is 1.16. The molecular weight excluding hydrogens is 850 g/mol. The Morgan fingerprint density at radius 1 is 0.885 bits per heavy atom. The zero-order valence-corrected chi connectivity index (χ0v) is 34.1. The number of aromatic nitrogens is 2. The van der Waals surface area contributed by atoms with Gasteiger partial charge in [-0.25, -0.2) is 9.80 Å². The Labute approximate surface area is 351 Å². The fourth-order valence-corrected chi connectivity index (χ4v) is 11.4. The van der Waals surface area contributed by atoms with Gasteiger partial charge in [0, 0.05) is 40.4 Å². The monoisotopic (exact) mass is 882 g/mol. The summed E-state index contributed by atoms with van der Waals surface area (Å²) in [5, 5.41) is 16.6. The molecule has 6 atom stereocenters. The second-order valence-corrected chi connectivity index (χ2v) is 17.6. The number of ether oxygens (including phenoxy) is 1. The van der Waals surface area contributed by atoms with E-state index in [-0.39, 0.29) is 36.2 Å². The van der Waals surface area contributed by atoms with Crippen LogP contribution in [0.1, 0.15) is 47.9 Å². The van der Waals surface area contributed by atoms with Gasteiger partial charge in [0.2, 0.25) is 23.6 Å². The normalized spacial score (nSPS) is 25.3. The van der Waals surface area contributed by atoms with Crippen molar-refractivity contribution < 1.29 is 55.4 Å². The first-order valence-electron chi connectivity index (χ1n) is 19.0. The van der Waals surface area contributed by atoms with Gasteiger partial charge >= 0.3 is 12.4 Å². The molecule has 3 aromatic carbocycles. The third kappa shape index (κ3) is 6.01. The molecule has 4 heterocycles. The second-order valence-electron chi connectivity index (χ2n) is 16.1. The Morgan fingerprint density at radius 3 is 2.23 bits per heavy atom. The number of carbonyl (C=O) groups excluding carboxylic acids is 4. The standard InChI is InChI=1S/C43H33ClF6N4O6S/c1-18-27-14-21(44)5-10-32(27)61-36(18)30-17-33(52(3)51-30)54-38(57)29-16-28-24(35(41(29,2)40(54)59)25-7-6-23(55)15-31(25)60-4)8-9-26-34(28)39(58)53(37(26)56)22-12-19(42(45,46)47)11-20(13-22)43(48,49)50/h5-8,10-15,17,26,28-29,34-35,55H,9,16H2,1-4H3/t26-,28+,29-,34-,35+,41+/m0/s1. The molecular formula is C43H33ClF6N4O6S. The van der Waals surface area contributed by atoms with E-state index in [2.05, 4.69) is 0 Å². The highest BCUT2D eigenvalue weighted by molar-refractivity contribution is 7.22. The van der Waals surface area contributed by atoms with Gasteiger partial charge in [-0.05, 0) is 86.0 Å². The van der Waals surface area contributed by atoms with Crippen LogP contribution in [0.2, 0.25) is 5.02 Å². The molecule has 1 saturated carbocycles. The number of hydrogen-bond donors (Lipinski definition) is 1. The van der Waals surface area contributed by atoms with Crippen LogP contribution in [0.4, 0.5) is 37.8 Å². The van der Waals surface area contributed by atoms with Crippen molar-refractivity contribution in [2.75, 3.05) is 16.9 Å². The van der Waals surface area contributed by atoms with Gasteiger partial charge in [-0.1, -0.05) is 29.3 Å². The van der Waals surface area contributed by atoms with E-state index in [4.69, 9.17) is 21.4 Å². The van der Waals surface area contributed by atoms with Crippen molar-refractivity contribution in [3.05, 3.63) is 99.6 Å². The molecule has 2 saturated heterocycles. The molecule has 3 fully saturated rings. The predicted octanol–water partition coefficient (Wildman–Crippen LogP) is 9.45. The smallest absolute Gasteiger partial charge is 0.416 e. The lowest BCUT2D eigenvalue weighted by molar-refractivity contribution is -0.143. The van der Waals surface area contributed by atoms with Crippen LogP contribution in [0.5, 0.6) is 11.5 Å². The van der Waals surface area contributed by atoms with Crippen LogP contribution in [0.15, 0.2) is 72.3 Å². The van der Waals surface area contributed by atoms with Crippen LogP contribution in [-0.4, -0.2) is 45.6 Å². The fourth-order valence-electron chi connectivity index (χ4n) is 10.1. The zero-order chi connectivity index (χ0) is 43.8. The van der Waals surface area contributed by atoms with Gasteiger partial charge in [-0.15, -0.1) is 11.3 Å². The van der Waals surface area contributed by atoms with E-state index < -0.39 is 87.8 Å². The molecule has 61 heavy (non-hydrogen) atoms.